The zero-order valence-electron chi connectivity index (χ0n) is 17.1. The Morgan fingerprint density at radius 2 is 2.16 bits per heavy atom. The molecule has 31 heavy (non-hydrogen) atoms. The molecule has 1 atom stereocenters. The Morgan fingerprint density at radius 3 is 2.87 bits per heavy atom. The number of ether oxygens (including phenoxy) is 2. The minimum absolute atomic E-state index is 0.0953. The van der Waals surface area contributed by atoms with Crippen molar-refractivity contribution in [2.45, 2.75) is 36.0 Å². The zero-order chi connectivity index (χ0) is 21.6. The quantitative estimate of drug-likeness (QED) is 0.393. The van der Waals surface area contributed by atoms with Crippen LogP contribution < -0.4 is 10.1 Å². The largest absolute Gasteiger partial charge is 0.489 e. The molecule has 1 aliphatic heterocycles. The number of halogens is 1. The molecule has 1 aliphatic rings. The number of amides is 1. The van der Waals surface area contributed by atoms with Gasteiger partial charge in [-0.05, 0) is 55.7 Å². The average molecular weight is 475 g/mol. The van der Waals surface area contributed by atoms with E-state index in [1.807, 2.05) is 36.6 Å². The smallest absolute Gasteiger partial charge is 0.255 e. The van der Waals surface area contributed by atoms with Crippen molar-refractivity contribution < 1.29 is 14.3 Å². The van der Waals surface area contributed by atoms with Crippen LogP contribution in [0.4, 0.5) is 5.69 Å². The lowest BCUT2D eigenvalue weighted by atomic mass is 10.1. The minimum atomic E-state index is -0.209. The van der Waals surface area contributed by atoms with Gasteiger partial charge in [-0.3, -0.25) is 4.79 Å². The van der Waals surface area contributed by atoms with Crippen molar-refractivity contribution in [1.82, 2.24) is 4.98 Å². The van der Waals surface area contributed by atoms with Crippen molar-refractivity contribution in [3.63, 3.8) is 0 Å². The number of thiazole rings is 1. The Hall–Kier alpha value is -2.06. The number of benzene rings is 2. The van der Waals surface area contributed by atoms with Crippen molar-refractivity contribution in [3.8, 4) is 5.75 Å². The molecule has 2 aromatic carbocycles. The number of hydrogen-bond acceptors (Lipinski definition) is 6. The molecule has 1 aromatic heterocycles. The molecule has 162 valence electrons. The fourth-order valence-electron chi connectivity index (χ4n) is 3.17. The molecule has 5 nitrogen and oxygen atoms in total. The van der Waals surface area contributed by atoms with Gasteiger partial charge in [0.05, 0.1) is 11.8 Å². The van der Waals surface area contributed by atoms with Crippen molar-refractivity contribution >= 4 is 46.3 Å². The van der Waals surface area contributed by atoms with Crippen LogP contribution in [0.3, 0.4) is 0 Å². The molecule has 2 heterocycles. The fourth-order valence-corrected chi connectivity index (χ4v) is 5.15. The molecule has 1 saturated heterocycles. The van der Waals surface area contributed by atoms with E-state index >= 15 is 0 Å². The topological polar surface area (TPSA) is 60.5 Å². The number of aromatic nitrogens is 1. The maximum Gasteiger partial charge on any atom is 0.255 e. The summed E-state index contributed by atoms with van der Waals surface area (Å²) in [6.45, 7) is 3.22. The molecule has 3 aromatic rings. The SMILES string of the molecule is Cc1csc(SCc2ccc(C(=O)Nc3cc(Cl)ccc3OCC3CCCO3)cc2)n1. The number of hydrogen-bond donors (Lipinski definition) is 1. The van der Waals surface area contributed by atoms with E-state index < -0.39 is 0 Å². The van der Waals surface area contributed by atoms with Gasteiger partial charge >= 0.3 is 0 Å². The van der Waals surface area contributed by atoms with E-state index in [9.17, 15) is 4.79 Å². The number of nitrogens with one attached hydrogen (secondary N) is 1. The Balaban J connectivity index is 1.37. The molecule has 1 N–H and O–H groups in total. The van der Waals surface area contributed by atoms with E-state index in [1.165, 1.54) is 0 Å². The summed E-state index contributed by atoms with van der Waals surface area (Å²) in [6.07, 6.45) is 2.14. The molecule has 4 rings (SSSR count). The molecule has 8 heteroatoms. The highest BCUT2D eigenvalue weighted by atomic mass is 35.5. The first-order valence-corrected chi connectivity index (χ1v) is 12.3. The summed E-state index contributed by atoms with van der Waals surface area (Å²) in [6, 6.07) is 12.8. The second-order valence-corrected chi connectivity index (χ2v) is 9.80. The third-order valence-electron chi connectivity index (χ3n) is 4.81. The van der Waals surface area contributed by atoms with E-state index in [0.717, 1.165) is 40.8 Å². The summed E-state index contributed by atoms with van der Waals surface area (Å²) in [5.41, 5.74) is 3.30. The Bertz CT molecular complexity index is 1030. The normalized spacial score (nSPS) is 15.7. The number of aryl methyl sites for hydroxylation is 1. The zero-order valence-corrected chi connectivity index (χ0v) is 19.5. The summed E-state index contributed by atoms with van der Waals surface area (Å²) >= 11 is 9.49. The number of carbonyl (C=O) groups excluding carboxylic acids is 1. The first-order valence-electron chi connectivity index (χ1n) is 10.1. The van der Waals surface area contributed by atoms with E-state index in [2.05, 4.69) is 10.3 Å². The van der Waals surface area contributed by atoms with Crippen LogP contribution in [0.2, 0.25) is 5.02 Å². The van der Waals surface area contributed by atoms with Gasteiger partial charge in [0.1, 0.15) is 16.7 Å². The molecule has 1 fully saturated rings. The Labute approximate surface area is 195 Å². The van der Waals surface area contributed by atoms with Gasteiger partial charge in [-0.15, -0.1) is 11.3 Å². The molecule has 0 bridgehead atoms. The molecule has 1 amide bonds. The highest BCUT2D eigenvalue weighted by Crippen LogP contribution is 2.30. The third kappa shape index (κ3) is 6.23. The second kappa shape index (κ2) is 10.5. The van der Waals surface area contributed by atoms with Crippen molar-refractivity contribution in [3.05, 3.63) is 69.7 Å². The van der Waals surface area contributed by atoms with E-state index in [-0.39, 0.29) is 12.0 Å². The number of nitrogens with zero attached hydrogens (tertiary/aromatic N) is 1. The van der Waals surface area contributed by atoms with Crippen LogP contribution in [-0.2, 0) is 10.5 Å². The van der Waals surface area contributed by atoms with Crippen LogP contribution in [0.1, 0.15) is 34.5 Å². The van der Waals surface area contributed by atoms with Crippen LogP contribution in [0.25, 0.3) is 0 Å². The summed E-state index contributed by atoms with van der Waals surface area (Å²) in [5.74, 6) is 1.18. The molecule has 1 unspecified atom stereocenters. The van der Waals surface area contributed by atoms with Crippen LogP contribution in [0.5, 0.6) is 5.75 Å². The van der Waals surface area contributed by atoms with Gasteiger partial charge in [-0.2, -0.15) is 0 Å². The van der Waals surface area contributed by atoms with Crippen LogP contribution in [-0.4, -0.2) is 30.2 Å². The first-order chi connectivity index (χ1) is 15.1. The van der Waals surface area contributed by atoms with Crippen molar-refractivity contribution in [2.24, 2.45) is 0 Å². The summed E-state index contributed by atoms with van der Waals surface area (Å²) in [5, 5.41) is 5.50. The lowest BCUT2D eigenvalue weighted by Gasteiger charge is -2.15. The van der Waals surface area contributed by atoms with Crippen LogP contribution in [0.15, 0.2) is 52.2 Å². The molecular weight excluding hydrogens is 452 g/mol. The van der Waals surface area contributed by atoms with Crippen LogP contribution in [0, 0.1) is 6.92 Å². The average Bonchev–Trinajstić information content (AvgIpc) is 3.44. The van der Waals surface area contributed by atoms with E-state index in [0.29, 0.717) is 28.6 Å². The summed E-state index contributed by atoms with van der Waals surface area (Å²) in [4.78, 5) is 17.2. The Morgan fingerprint density at radius 1 is 1.32 bits per heavy atom. The van der Waals surface area contributed by atoms with Gasteiger partial charge in [0.15, 0.2) is 0 Å². The van der Waals surface area contributed by atoms with Gasteiger partial charge in [0.2, 0.25) is 0 Å². The summed E-state index contributed by atoms with van der Waals surface area (Å²) in [7, 11) is 0. The summed E-state index contributed by atoms with van der Waals surface area (Å²) < 4.78 is 12.6. The molecule has 0 aliphatic carbocycles. The minimum Gasteiger partial charge on any atom is -0.489 e. The van der Waals surface area contributed by atoms with Gasteiger partial charge in [-0.25, -0.2) is 4.98 Å². The predicted molar refractivity (Wildman–Crippen MR) is 127 cm³/mol. The Kier molecular flexibility index (Phi) is 7.50. The van der Waals surface area contributed by atoms with E-state index in [4.69, 9.17) is 21.1 Å². The first kappa shape index (κ1) is 22.1. The van der Waals surface area contributed by atoms with Gasteiger partial charge < -0.3 is 14.8 Å². The monoisotopic (exact) mass is 474 g/mol. The second-order valence-electron chi connectivity index (χ2n) is 7.28. The number of rotatable bonds is 8. The van der Waals surface area contributed by atoms with Gasteiger partial charge in [0, 0.05) is 34.0 Å². The van der Waals surface area contributed by atoms with Gasteiger partial charge in [0.25, 0.3) is 5.91 Å². The standard InChI is InChI=1S/C23H23ClN2O3S2/c1-15-13-30-23(25-15)31-14-16-4-6-17(7-5-16)22(27)26-20-11-18(24)8-9-21(20)29-12-19-3-2-10-28-19/h4-9,11,13,19H,2-3,10,12,14H2,1H3,(H,26,27). The maximum absolute atomic E-state index is 12.8. The van der Waals surface area contributed by atoms with Crippen molar-refractivity contribution in [2.75, 3.05) is 18.5 Å². The molecular formula is C23H23ClN2O3S2. The highest BCUT2D eigenvalue weighted by molar-refractivity contribution is 8.00. The fraction of sp³-hybridized carbons (Fsp3) is 0.304. The number of carbonyl (C=O) groups is 1. The molecule has 0 saturated carbocycles. The predicted octanol–water partition coefficient (Wildman–Crippen LogP) is 6.21. The van der Waals surface area contributed by atoms with Crippen LogP contribution >= 0.6 is 34.7 Å². The maximum atomic E-state index is 12.8. The van der Waals surface area contributed by atoms with E-state index in [1.54, 1.807) is 41.3 Å². The van der Waals surface area contributed by atoms with Crippen molar-refractivity contribution in [1.29, 1.82) is 0 Å². The molecule has 0 spiro atoms. The highest BCUT2D eigenvalue weighted by Gasteiger charge is 2.18. The number of thioether (sulfide) groups is 1. The molecule has 0 radical (unpaired) electrons. The van der Waals surface area contributed by atoms with Gasteiger partial charge in [-0.1, -0.05) is 35.5 Å². The third-order valence-corrected chi connectivity index (χ3v) is 7.26. The lowest BCUT2D eigenvalue weighted by molar-refractivity contribution is 0.0682. The lowest BCUT2D eigenvalue weighted by Crippen LogP contribution is -2.18. The number of anilines is 1.